The van der Waals surface area contributed by atoms with E-state index in [0.29, 0.717) is 0 Å². The largest absolute Gasteiger partial charge is 0.498 e. The van der Waals surface area contributed by atoms with Crippen LogP contribution in [0.4, 0.5) is 0 Å². The summed E-state index contributed by atoms with van der Waals surface area (Å²) in [4.78, 5) is 0. The van der Waals surface area contributed by atoms with E-state index in [1.807, 2.05) is 17.1 Å². The quantitative estimate of drug-likeness (QED) is 0.803. The van der Waals surface area contributed by atoms with Crippen LogP contribution in [0.3, 0.4) is 0 Å². The lowest BCUT2D eigenvalue weighted by Gasteiger charge is -2.33. The molecule has 22 heavy (non-hydrogen) atoms. The van der Waals surface area contributed by atoms with Gasteiger partial charge in [-0.3, -0.25) is 4.68 Å². The highest BCUT2D eigenvalue weighted by atomic mass is 16.7. The Morgan fingerprint density at radius 2 is 1.82 bits per heavy atom. The molecule has 2 fully saturated rings. The molecule has 0 spiro atoms. The third-order valence-corrected chi connectivity index (χ3v) is 5.23. The van der Waals surface area contributed by atoms with E-state index in [9.17, 15) is 0 Å². The summed E-state index contributed by atoms with van der Waals surface area (Å²) in [6.07, 6.45) is 7.33. The molecule has 2 aliphatic rings. The molecule has 3 heterocycles. The Bertz CT molecular complexity index is 519. The summed E-state index contributed by atoms with van der Waals surface area (Å²) < 4.78 is 20.0. The van der Waals surface area contributed by atoms with Crippen molar-refractivity contribution in [1.82, 2.24) is 9.78 Å². The van der Waals surface area contributed by atoms with E-state index < -0.39 is 0 Å². The van der Waals surface area contributed by atoms with Gasteiger partial charge in [-0.2, -0.15) is 5.10 Å². The predicted molar refractivity (Wildman–Crippen MR) is 86.2 cm³/mol. The third-order valence-electron chi connectivity index (χ3n) is 5.23. The van der Waals surface area contributed by atoms with Crippen molar-refractivity contribution in [2.75, 3.05) is 6.61 Å². The summed E-state index contributed by atoms with van der Waals surface area (Å²) in [5.41, 5.74) is 0.214. The molecule has 122 valence electrons. The van der Waals surface area contributed by atoms with E-state index >= 15 is 0 Å². The predicted octanol–water partition coefficient (Wildman–Crippen LogP) is 2.14. The lowest BCUT2D eigenvalue weighted by Crippen LogP contribution is -2.41. The first-order chi connectivity index (χ1) is 10.2. The fraction of sp³-hybridized carbons (Fsp3) is 0.812. The molecule has 0 aliphatic carbocycles. The van der Waals surface area contributed by atoms with Crippen LogP contribution in [-0.4, -0.2) is 40.3 Å². The van der Waals surface area contributed by atoms with Crippen molar-refractivity contribution >= 4 is 12.6 Å². The maximum Gasteiger partial charge on any atom is 0.498 e. The minimum absolute atomic E-state index is 0.114. The fourth-order valence-corrected chi connectivity index (χ4v) is 3.03. The Balaban J connectivity index is 1.70. The van der Waals surface area contributed by atoms with Gasteiger partial charge in [-0.1, -0.05) is 0 Å². The molecule has 1 aromatic rings. The third kappa shape index (κ3) is 2.96. The van der Waals surface area contributed by atoms with E-state index in [4.69, 9.17) is 14.0 Å². The maximum atomic E-state index is 6.07. The van der Waals surface area contributed by atoms with Crippen LogP contribution in [0.25, 0.3) is 0 Å². The molecule has 5 nitrogen and oxygen atoms in total. The van der Waals surface area contributed by atoms with E-state index in [-0.39, 0.29) is 23.9 Å². The van der Waals surface area contributed by atoms with Crippen LogP contribution in [0.2, 0.25) is 0 Å². The van der Waals surface area contributed by atoms with Crippen molar-refractivity contribution in [2.24, 2.45) is 0 Å². The van der Waals surface area contributed by atoms with Crippen molar-refractivity contribution in [2.45, 2.75) is 77.2 Å². The summed E-state index contributed by atoms with van der Waals surface area (Å²) in [5.74, 6) is 0. The molecule has 1 atom stereocenters. The van der Waals surface area contributed by atoms with Crippen LogP contribution in [-0.2, 0) is 20.6 Å². The molecule has 0 aromatic carbocycles. The Labute approximate surface area is 133 Å². The first-order valence-corrected chi connectivity index (χ1v) is 8.23. The highest BCUT2D eigenvalue weighted by Gasteiger charge is 2.52. The van der Waals surface area contributed by atoms with Gasteiger partial charge in [0, 0.05) is 24.5 Å². The van der Waals surface area contributed by atoms with Gasteiger partial charge in [0.1, 0.15) is 0 Å². The summed E-state index contributed by atoms with van der Waals surface area (Å²) >= 11 is 0. The van der Waals surface area contributed by atoms with E-state index in [1.165, 1.54) is 6.42 Å². The summed E-state index contributed by atoms with van der Waals surface area (Å²) in [6, 6.07) is 0. The first kappa shape index (κ1) is 16.0. The number of nitrogens with zero attached hydrogens (tertiary/aromatic N) is 2. The molecule has 0 radical (unpaired) electrons. The van der Waals surface area contributed by atoms with Crippen molar-refractivity contribution in [3.8, 4) is 0 Å². The first-order valence-electron chi connectivity index (χ1n) is 8.23. The van der Waals surface area contributed by atoms with Crippen molar-refractivity contribution in [1.29, 1.82) is 0 Å². The van der Waals surface area contributed by atoms with E-state index in [2.05, 4.69) is 39.7 Å². The molecular weight excluding hydrogens is 279 g/mol. The number of aromatic nitrogens is 2. The molecule has 0 N–H and O–H groups in total. The van der Waals surface area contributed by atoms with Gasteiger partial charge in [-0.25, -0.2) is 0 Å². The van der Waals surface area contributed by atoms with Gasteiger partial charge in [0.15, 0.2) is 0 Å². The zero-order chi connectivity index (χ0) is 16.0. The molecule has 1 aromatic heterocycles. The number of hydrogen-bond donors (Lipinski definition) is 0. The van der Waals surface area contributed by atoms with Gasteiger partial charge in [0.25, 0.3) is 0 Å². The molecule has 0 saturated carbocycles. The Morgan fingerprint density at radius 3 is 2.41 bits per heavy atom. The zero-order valence-corrected chi connectivity index (χ0v) is 14.4. The summed E-state index contributed by atoms with van der Waals surface area (Å²) in [6.45, 7) is 12.0. The van der Waals surface area contributed by atoms with Crippen LogP contribution < -0.4 is 5.46 Å². The Kier molecular flexibility index (Phi) is 3.90. The van der Waals surface area contributed by atoms with Gasteiger partial charge in [0.05, 0.1) is 23.3 Å². The maximum absolute atomic E-state index is 6.07. The van der Waals surface area contributed by atoms with Gasteiger partial charge in [-0.15, -0.1) is 0 Å². The second-order valence-electron chi connectivity index (χ2n) is 7.81. The van der Waals surface area contributed by atoms with Crippen LogP contribution >= 0.6 is 0 Å². The average Bonchev–Trinajstić information content (AvgIpc) is 2.93. The van der Waals surface area contributed by atoms with Crippen molar-refractivity contribution < 1.29 is 14.0 Å². The standard InChI is InChI=1S/C16H27BN2O3/c1-14(2)15(3,4)22-17(21-14)13-10-18-19(11-13)12-16(5)8-6-7-9-20-16/h10-11H,6-9,12H2,1-5H3/t16-/m1/s1. The summed E-state index contributed by atoms with van der Waals surface area (Å²) in [5, 5.41) is 4.47. The molecule has 6 heteroatoms. The number of hydrogen-bond acceptors (Lipinski definition) is 4. The smallest absolute Gasteiger partial charge is 0.399 e. The van der Waals surface area contributed by atoms with Crippen LogP contribution in [0.1, 0.15) is 53.9 Å². The molecule has 0 amide bonds. The van der Waals surface area contributed by atoms with Gasteiger partial charge >= 0.3 is 7.12 Å². The minimum atomic E-state index is -0.348. The van der Waals surface area contributed by atoms with E-state index in [1.54, 1.807) is 0 Å². The second kappa shape index (κ2) is 5.36. The normalized spacial score (nSPS) is 30.7. The van der Waals surface area contributed by atoms with Gasteiger partial charge in [0.2, 0.25) is 0 Å². The summed E-state index contributed by atoms with van der Waals surface area (Å²) in [7, 11) is -0.348. The lowest BCUT2D eigenvalue weighted by atomic mass is 9.82. The fourth-order valence-electron chi connectivity index (χ4n) is 3.03. The average molecular weight is 306 g/mol. The number of ether oxygens (including phenoxy) is 1. The van der Waals surface area contributed by atoms with Crippen LogP contribution in [0.15, 0.2) is 12.4 Å². The SMILES string of the molecule is CC1(C)OB(c2cnn(C[C@@]3(C)CCCCO3)c2)OC1(C)C. The molecule has 2 aliphatic heterocycles. The zero-order valence-electron chi connectivity index (χ0n) is 14.4. The van der Waals surface area contributed by atoms with Crippen LogP contribution in [0.5, 0.6) is 0 Å². The Morgan fingerprint density at radius 1 is 1.14 bits per heavy atom. The van der Waals surface area contributed by atoms with Crippen LogP contribution in [0, 0.1) is 0 Å². The van der Waals surface area contributed by atoms with E-state index in [0.717, 1.165) is 31.5 Å². The topological polar surface area (TPSA) is 45.5 Å². The molecular formula is C16H27BN2O3. The Hall–Kier alpha value is -0.845. The second-order valence-corrected chi connectivity index (χ2v) is 7.81. The minimum Gasteiger partial charge on any atom is -0.399 e. The number of rotatable bonds is 3. The van der Waals surface area contributed by atoms with Crippen molar-refractivity contribution in [3.63, 3.8) is 0 Å². The molecule has 2 saturated heterocycles. The molecule has 0 unspecified atom stereocenters. The highest BCUT2D eigenvalue weighted by molar-refractivity contribution is 6.61. The van der Waals surface area contributed by atoms with Gasteiger partial charge in [-0.05, 0) is 53.9 Å². The molecule has 3 rings (SSSR count). The monoisotopic (exact) mass is 306 g/mol. The highest BCUT2D eigenvalue weighted by Crippen LogP contribution is 2.36. The lowest BCUT2D eigenvalue weighted by molar-refractivity contribution is -0.0771. The molecule has 0 bridgehead atoms. The van der Waals surface area contributed by atoms with Crippen molar-refractivity contribution in [3.05, 3.63) is 12.4 Å². The van der Waals surface area contributed by atoms with Gasteiger partial charge < -0.3 is 14.0 Å².